The summed E-state index contributed by atoms with van der Waals surface area (Å²) in [5, 5.41) is 3.89. The van der Waals surface area contributed by atoms with Crippen LogP contribution in [0.3, 0.4) is 0 Å². The number of anilines is 1. The van der Waals surface area contributed by atoms with Gasteiger partial charge in [-0.1, -0.05) is 72.2 Å². The van der Waals surface area contributed by atoms with Gasteiger partial charge in [0.15, 0.2) is 0 Å². The molecule has 0 saturated carbocycles. The van der Waals surface area contributed by atoms with E-state index in [1.165, 1.54) is 5.56 Å². The molecule has 0 aliphatic heterocycles. The molecule has 0 aliphatic carbocycles. The molecule has 3 aromatic carbocycles. The Bertz CT molecular complexity index is 1180. The van der Waals surface area contributed by atoms with Crippen molar-refractivity contribution in [2.24, 2.45) is 0 Å². The van der Waals surface area contributed by atoms with Crippen molar-refractivity contribution < 1.29 is 4.79 Å². The van der Waals surface area contributed by atoms with Crippen LogP contribution in [-0.2, 0) is 0 Å². The first kappa shape index (κ1) is 20.3. The fraction of sp³-hybridized carbons (Fsp3) is 0.154. The number of rotatable bonds is 5. The van der Waals surface area contributed by atoms with Gasteiger partial charge in [-0.15, -0.1) is 0 Å². The summed E-state index contributed by atoms with van der Waals surface area (Å²) >= 11 is 3.47. The van der Waals surface area contributed by atoms with Gasteiger partial charge in [-0.25, -0.2) is 4.98 Å². The molecule has 1 N–H and O–H groups in total. The van der Waals surface area contributed by atoms with Gasteiger partial charge in [-0.3, -0.25) is 4.79 Å². The summed E-state index contributed by atoms with van der Waals surface area (Å²) in [6, 6.07) is 25.7. The van der Waals surface area contributed by atoms with E-state index in [2.05, 4.69) is 47.2 Å². The smallest absolute Gasteiger partial charge is 0.256 e. The summed E-state index contributed by atoms with van der Waals surface area (Å²) in [5.41, 5.74) is 5.23. The zero-order valence-electron chi connectivity index (χ0n) is 17.0. The third kappa shape index (κ3) is 4.29. The SMILES string of the molecule is CCC(C)c1ccc(NC(=O)c2cc(-c3ccc(Br)cc3)nc3ccccc23)cc1. The minimum absolute atomic E-state index is 0.136. The average Bonchev–Trinajstić information content (AvgIpc) is 2.78. The van der Waals surface area contributed by atoms with Crippen molar-refractivity contribution >= 4 is 38.4 Å². The number of nitrogens with zero attached hydrogens (tertiary/aromatic N) is 1. The Kier molecular flexibility index (Phi) is 5.96. The topological polar surface area (TPSA) is 42.0 Å². The lowest BCUT2D eigenvalue weighted by Gasteiger charge is -2.12. The molecule has 0 fully saturated rings. The molecule has 1 amide bonds. The molecule has 0 saturated heterocycles. The van der Waals surface area contributed by atoms with Gasteiger partial charge in [0, 0.05) is 21.1 Å². The zero-order chi connectivity index (χ0) is 21.1. The second kappa shape index (κ2) is 8.80. The summed E-state index contributed by atoms with van der Waals surface area (Å²) in [6.07, 6.45) is 1.09. The van der Waals surface area contributed by atoms with Gasteiger partial charge >= 0.3 is 0 Å². The molecule has 4 heteroatoms. The molecule has 4 aromatic rings. The first-order chi connectivity index (χ1) is 14.5. The number of aromatic nitrogens is 1. The van der Waals surface area contributed by atoms with Crippen LogP contribution < -0.4 is 5.32 Å². The molecule has 30 heavy (non-hydrogen) atoms. The van der Waals surface area contributed by atoms with Crippen molar-refractivity contribution in [3.63, 3.8) is 0 Å². The number of hydrogen-bond donors (Lipinski definition) is 1. The van der Waals surface area contributed by atoms with E-state index in [0.29, 0.717) is 11.5 Å². The Hall–Kier alpha value is -2.98. The highest BCUT2D eigenvalue weighted by Gasteiger charge is 2.14. The Morgan fingerprint density at radius 2 is 1.70 bits per heavy atom. The van der Waals surface area contributed by atoms with E-state index in [4.69, 9.17) is 4.98 Å². The molecule has 1 aromatic heterocycles. The molecule has 1 heterocycles. The van der Waals surface area contributed by atoms with Crippen molar-refractivity contribution in [2.75, 3.05) is 5.32 Å². The molecule has 1 atom stereocenters. The molecule has 0 bridgehead atoms. The largest absolute Gasteiger partial charge is 0.322 e. The number of carbonyl (C=O) groups excluding carboxylic acids is 1. The summed E-state index contributed by atoms with van der Waals surface area (Å²) in [7, 11) is 0. The molecule has 150 valence electrons. The molecule has 0 aliphatic rings. The van der Waals surface area contributed by atoms with Crippen molar-refractivity contribution in [3.8, 4) is 11.3 Å². The van der Waals surface area contributed by atoms with Gasteiger partial charge in [0.05, 0.1) is 16.8 Å². The van der Waals surface area contributed by atoms with Gasteiger partial charge in [0.2, 0.25) is 0 Å². The third-order valence-corrected chi connectivity index (χ3v) is 5.98. The molecular formula is C26H23BrN2O. The molecule has 1 unspecified atom stereocenters. The van der Waals surface area contributed by atoms with E-state index in [9.17, 15) is 4.79 Å². The molecule has 4 rings (SSSR count). The normalized spacial score (nSPS) is 12.0. The predicted octanol–water partition coefficient (Wildman–Crippen LogP) is 7.43. The number of pyridine rings is 1. The van der Waals surface area contributed by atoms with E-state index in [1.807, 2.05) is 66.7 Å². The standard InChI is InChI=1S/C26H23BrN2O/c1-3-17(2)18-10-14-21(15-11-18)28-26(30)23-16-25(19-8-12-20(27)13-9-19)29-24-7-5-4-6-22(23)24/h4-17H,3H2,1-2H3,(H,28,30). The highest BCUT2D eigenvalue weighted by Crippen LogP contribution is 2.27. The van der Waals surface area contributed by atoms with E-state index in [0.717, 1.165) is 38.7 Å². The van der Waals surface area contributed by atoms with Crippen LogP contribution in [0.1, 0.15) is 42.1 Å². The van der Waals surface area contributed by atoms with Crippen LogP contribution in [-0.4, -0.2) is 10.9 Å². The summed E-state index contributed by atoms with van der Waals surface area (Å²) in [6.45, 7) is 4.39. The minimum Gasteiger partial charge on any atom is -0.322 e. The van der Waals surface area contributed by atoms with Crippen LogP contribution in [0.5, 0.6) is 0 Å². The Labute approximate surface area is 185 Å². The first-order valence-electron chi connectivity index (χ1n) is 10.1. The van der Waals surface area contributed by atoms with Crippen molar-refractivity contribution in [2.45, 2.75) is 26.2 Å². The highest BCUT2D eigenvalue weighted by atomic mass is 79.9. The first-order valence-corrected chi connectivity index (χ1v) is 10.9. The maximum atomic E-state index is 13.2. The van der Waals surface area contributed by atoms with Crippen molar-refractivity contribution in [3.05, 3.63) is 94.5 Å². The maximum Gasteiger partial charge on any atom is 0.256 e. The molecule has 0 radical (unpaired) electrons. The van der Waals surface area contributed by atoms with Crippen LogP contribution in [0.15, 0.2) is 83.3 Å². The Morgan fingerprint density at radius 3 is 2.40 bits per heavy atom. The molecule has 0 spiro atoms. The van der Waals surface area contributed by atoms with Gasteiger partial charge < -0.3 is 5.32 Å². The molecular weight excluding hydrogens is 436 g/mol. The van der Waals surface area contributed by atoms with E-state index < -0.39 is 0 Å². The lowest BCUT2D eigenvalue weighted by Crippen LogP contribution is -2.13. The second-order valence-electron chi connectivity index (χ2n) is 7.46. The zero-order valence-corrected chi connectivity index (χ0v) is 18.6. The van der Waals surface area contributed by atoms with Crippen LogP contribution in [0.4, 0.5) is 5.69 Å². The van der Waals surface area contributed by atoms with Gasteiger partial charge in [0.25, 0.3) is 5.91 Å². The quantitative estimate of drug-likeness (QED) is 0.337. The van der Waals surface area contributed by atoms with Crippen LogP contribution in [0.2, 0.25) is 0 Å². The number of fused-ring (bicyclic) bond motifs is 1. The van der Waals surface area contributed by atoms with E-state index in [-0.39, 0.29) is 5.91 Å². The molecule has 3 nitrogen and oxygen atoms in total. The van der Waals surface area contributed by atoms with Gasteiger partial charge in [-0.05, 0) is 54.3 Å². The van der Waals surface area contributed by atoms with Crippen molar-refractivity contribution in [1.82, 2.24) is 4.98 Å². The number of halogens is 1. The minimum atomic E-state index is -0.136. The van der Waals surface area contributed by atoms with Gasteiger partial charge in [0.1, 0.15) is 0 Å². The fourth-order valence-corrected chi connectivity index (χ4v) is 3.73. The fourth-order valence-electron chi connectivity index (χ4n) is 3.46. The van der Waals surface area contributed by atoms with Gasteiger partial charge in [-0.2, -0.15) is 0 Å². The number of carbonyl (C=O) groups is 1. The summed E-state index contributed by atoms with van der Waals surface area (Å²) in [4.78, 5) is 18.0. The Morgan fingerprint density at radius 1 is 1.00 bits per heavy atom. The number of nitrogens with one attached hydrogen (secondary N) is 1. The lowest BCUT2D eigenvalue weighted by atomic mass is 9.98. The van der Waals surface area contributed by atoms with Crippen LogP contribution >= 0.6 is 15.9 Å². The van der Waals surface area contributed by atoms with E-state index in [1.54, 1.807) is 0 Å². The monoisotopic (exact) mass is 458 g/mol. The average molecular weight is 459 g/mol. The van der Waals surface area contributed by atoms with Crippen molar-refractivity contribution in [1.29, 1.82) is 0 Å². The van der Waals surface area contributed by atoms with Crippen LogP contribution in [0.25, 0.3) is 22.2 Å². The Balaban J connectivity index is 1.70. The summed E-state index contributed by atoms with van der Waals surface area (Å²) in [5.74, 6) is 0.371. The summed E-state index contributed by atoms with van der Waals surface area (Å²) < 4.78 is 1.01. The second-order valence-corrected chi connectivity index (χ2v) is 8.38. The predicted molar refractivity (Wildman–Crippen MR) is 128 cm³/mol. The number of amides is 1. The number of benzene rings is 3. The lowest BCUT2D eigenvalue weighted by molar-refractivity contribution is 0.102. The third-order valence-electron chi connectivity index (χ3n) is 5.45. The van der Waals surface area contributed by atoms with Crippen LogP contribution in [0, 0.1) is 0 Å². The number of para-hydroxylation sites is 1. The maximum absolute atomic E-state index is 13.2. The van der Waals surface area contributed by atoms with E-state index >= 15 is 0 Å². The number of hydrogen-bond acceptors (Lipinski definition) is 2. The highest BCUT2D eigenvalue weighted by molar-refractivity contribution is 9.10.